The van der Waals surface area contributed by atoms with Crippen LogP contribution in [0, 0.1) is 13.8 Å². The van der Waals surface area contributed by atoms with Crippen LogP contribution in [0.5, 0.6) is 11.5 Å². The average molecular weight is 488 g/mol. The molecule has 1 aliphatic rings. The Morgan fingerprint density at radius 2 is 1.61 bits per heavy atom. The Morgan fingerprint density at radius 1 is 0.939 bits per heavy atom. The lowest BCUT2D eigenvalue weighted by atomic mass is 10.0. The van der Waals surface area contributed by atoms with Crippen molar-refractivity contribution in [1.82, 2.24) is 9.29 Å². The summed E-state index contributed by atoms with van der Waals surface area (Å²) in [4.78, 5) is 7.19. The van der Waals surface area contributed by atoms with Gasteiger partial charge in [-0.3, -0.25) is 0 Å². The first-order chi connectivity index (χ1) is 15.8. The largest absolute Gasteiger partial charge is 0.493 e. The van der Waals surface area contributed by atoms with Crippen LogP contribution in [-0.2, 0) is 16.4 Å². The van der Waals surface area contributed by atoms with Crippen molar-refractivity contribution in [2.24, 2.45) is 0 Å². The highest BCUT2D eigenvalue weighted by atomic mass is 32.2. The molecule has 0 unspecified atom stereocenters. The van der Waals surface area contributed by atoms with Crippen LogP contribution in [0.15, 0.2) is 46.7 Å². The number of ether oxygens (including phenoxy) is 2. The van der Waals surface area contributed by atoms with E-state index < -0.39 is 10.0 Å². The molecule has 3 aromatic rings. The fourth-order valence-corrected chi connectivity index (χ4v) is 6.47. The molecule has 0 bridgehead atoms. The summed E-state index contributed by atoms with van der Waals surface area (Å²) in [6.45, 7) is 6.23. The van der Waals surface area contributed by atoms with Gasteiger partial charge in [0.05, 0.1) is 24.8 Å². The van der Waals surface area contributed by atoms with Crippen molar-refractivity contribution in [3.05, 3.63) is 64.2 Å². The zero-order chi connectivity index (χ0) is 23.6. The molecule has 1 aliphatic heterocycles. The van der Waals surface area contributed by atoms with E-state index in [-0.39, 0.29) is 4.90 Å². The van der Waals surface area contributed by atoms with Crippen LogP contribution in [0.25, 0.3) is 0 Å². The van der Waals surface area contributed by atoms with Crippen molar-refractivity contribution in [2.75, 3.05) is 45.3 Å². The van der Waals surface area contributed by atoms with Crippen molar-refractivity contribution in [3.8, 4) is 11.5 Å². The quantitative estimate of drug-likeness (QED) is 0.504. The second-order valence-electron chi connectivity index (χ2n) is 8.20. The number of sulfonamides is 1. The second kappa shape index (κ2) is 9.70. The molecule has 0 radical (unpaired) electrons. The molecule has 4 rings (SSSR count). The van der Waals surface area contributed by atoms with Crippen LogP contribution in [0.1, 0.15) is 22.4 Å². The topological polar surface area (TPSA) is 72.0 Å². The third kappa shape index (κ3) is 5.15. The maximum atomic E-state index is 13.2. The van der Waals surface area contributed by atoms with Crippen molar-refractivity contribution in [3.63, 3.8) is 0 Å². The molecule has 2 heterocycles. The number of anilines is 1. The van der Waals surface area contributed by atoms with E-state index in [9.17, 15) is 8.42 Å². The van der Waals surface area contributed by atoms with Crippen LogP contribution in [0.2, 0.25) is 0 Å². The van der Waals surface area contributed by atoms with Crippen molar-refractivity contribution in [2.45, 2.75) is 25.2 Å². The van der Waals surface area contributed by atoms with E-state index in [1.54, 1.807) is 23.5 Å². The standard InChI is InChI=1S/C24H29N3O4S2/c1-17-11-18(2)13-19(12-17)14-20-16-32-24(25-20)26-7-9-27(10-8-26)33(28,29)21-5-6-22(30-3)23(15-21)31-4/h5-6,11-13,15-16H,7-10,14H2,1-4H3. The number of aromatic nitrogens is 1. The number of methoxy groups -OCH3 is 2. The van der Waals surface area contributed by atoms with E-state index in [0.29, 0.717) is 37.7 Å². The Hall–Kier alpha value is -2.62. The Morgan fingerprint density at radius 3 is 2.24 bits per heavy atom. The summed E-state index contributed by atoms with van der Waals surface area (Å²) < 4.78 is 38.3. The number of hydrogen-bond acceptors (Lipinski definition) is 7. The summed E-state index contributed by atoms with van der Waals surface area (Å²) in [5, 5.41) is 3.04. The fourth-order valence-electron chi connectivity index (χ4n) is 4.15. The minimum atomic E-state index is -3.61. The SMILES string of the molecule is COc1ccc(S(=O)(=O)N2CCN(c3nc(Cc4cc(C)cc(C)c4)cs3)CC2)cc1OC. The van der Waals surface area contributed by atoms with Crippen LogP contribution in [-0.4, -0.2) is 58.1 Å². The zero-order valence-electron chi connectivity index (χ0n) is 19.4. The Balaban J connectivity index is 1.42. The van der Waals surface area contributed by atoms with E-state index in [1.807, 2.05) is 0 Å². The van der Waals surface area contributed by atoms with Gasteiger partial charge in [-0.2, -0.15) is 4.31 Å². The highest BCUT2D eigenvalue weighted by Gasteiger charge is 2.30. The van der Waals surface area contributed by atoms with Gasteiger partial charge < -0.3 is 14.4 Å². The average Bonchev–Trinajstić information content (AvgIpc) is 3.26. The summed E-state index contributed by atoms with van der Waals surface area (Å²) in [6, 6.07) is 11.3. The maximum Gasteiger partial charge on any atom is 0.243 e. The fraction of sp³-hybridized carbons (Fsp3) is 0.375. The molecule has 7 nitrogen and oxygen atoms in total. The summed E-state index contributed by atoms with van der Waals surface area (Å²) >= 11 is 1.61. The highest BCUT2D eigenvalue weighted by molar-refractivity contribution is 7.89. The molecule has 0 spiro atoms. The number of nitrogens with zero attached hydrogens (tertiary/aromatic N) is 3. The van der Waals surface area contributed by atoms with E-state index in [2.05, 4.69) is 42.3 Å². The number of thiazole rings is 1. The third-order valence-corrected chi connectivity index (χ3v) is 8.55. The minimum absolute atomic E-state index is 0.207. The molecular weight excluding hydrogens is 458 g/mol. The molecule has 0 amide bonds. The molecule has 0 atom stereocenters. The van der Waals surface area contributed by atoms with Gasteiger partial charge in [0.1, 0.15) is 0 Å². The van der Waals surface area contributed by atoms with Crippen molar-refractivity contribution in [1.29, 1.82) is 0 Å². The molecule has 1 fully saturated rings. The molecule has 33 heavy (non-hydrogen) atoms. The predicted octanol–water partition coefficient (Wildman–Crippen LogP) is 3.88. The molecule has 9 heteroatoms. The van der Waals surface area contributed by atoms with Gasteiger partial charge in [0.15, 0.2) is 16.6 Å². The molecule has 176 valence electrons. The number of benzene rings is 2. The van der Waals surface area contributed by atoms with Crippen molar-refractivity contribution >= 4 is 26.5 Å². The molecular formula is C24H29N3O4S2. The first-order valence-electron chi connectivity index (χ1n) is 10.8. The van der Waals surface area contributed by atoms with Gasteiger partial charge in [0.2, 0.25) is 10.0 Å². The number of piperazine rings is 1. The van der Waals surface area contributed by atoms with Gasteiger partial charge in [-0.25, -0.2) is 13.4 Å². The van der Waals surface area contributed by atoms with E-state index in [4.69, 9.17) is 14.5 Å². The first-order valence-corrected chi connectivity index (χ1v) is 13.1. The molecule has 1 aromatic heterocycles. The Labute approximate surface area is 199 Å². The van der Waals surface area contributed by atoms with Gasteiger partial charge >= 0.3 is 0 Å². The first kappa shape index (κ1) is 23.5. The Bertz CT molecular complexity index is 1210. The van der Waals surface area contributed by atoms with Crippen LogP contribution in [0.3, 0.4) is 0 Å². The van der Waals surface area contributed by atoms with E-state index in [0.717, 1.165) is 17.2 Å². The molecule has 0 N–H and O–H groups in total. The summed E-state index contributed by atoms with van der Waals surface area (Å²) in [5.41, 5.74) is 4.81. The Kier molecular flexibility index (Phi) is 6.92. The minimum Gasteiger partial charge on any atom is -0.493 e. The monoisotopic (exact) mass is 487 g/mol. The predicted molar refractivity (Wildman–Crippen MR) is 131 cm³/mol. The number of hydrogen-bond donors (Lipinski definition) is 0. The van der Waals surface area contributed by atoms with Crippen LogP contribution >= 0.6 is 11.3 Å². The molecule has 0 aliphatic carbocycles. The van der Waals surface area contributed by atoms with Gasteiger partial charge in [0, 0.05) is 44.0 Å². The highest BCUT2D eigenvalue weighted by Crippen LogP contribution is 2.31. The third-order valence-electron chi connectivity index (χ3n) is 5.71. The summed E-state index contributed by atoms with van der Waals surface area (Å²) in [7, 11) is -0.594. The van der Waals surface area contributed by atoms with Crippen molar-refractivity contribution < 1.29 is 17.9 Å². The number of rotatable bonds is 7. The van der Waals surface area contributed by atoms with Gasteiger partial charge in [-0.05, 0) is 31.5 Å². The lowest BCUT2D eigenvalue weighted by molar-refractivity contribution is 0.353. The molecule has 1 saturated heterocycles. The normalized spacial score (nSPS) is 15.0. The van der Waals surface area contributed by atoms with Crippen LogP contribution in [0.4, 0.5) is 5.13 Å². The summed E-state index contributed by atoms with van der Waals surface area (Å²) in [6.07, 6.45) is 0.798. The van der Waals surface area contributed by atoms with Gasteiger partial charge in [-0.15, -0.1) is 11.3 Å². The number of aryl methyl sites for hydroxylation is 2. The van der Waals surface area contributed by atoms with E-state index >= 15 is 0 Å². The van der Waals surface area contributed by atoms with Gasteiger partial charge in [-0.1, -0.05) is 29.3 Å². The molecule has 2 aromatic carbocycles. The maximum absolute atomic E-state index is 13.2. The second-order valence-corrected chi connectivity index (χ2v) is 11.0. The van der Waals surface area contributed by atoms with Crippen LogP contribution < -0.4 is 14.4 Å². The lowest BCUT2D eigenvalue weighted by Gasteiger charge is -2.33. The van der Waals surface area contributed by atoms with Gasteiger partial charge in [0.25, 0.3) is 0 Å². The van der Waals surface area contributed by atoms with E-state index in [1.165, 1.54) is 41.3 Å². The smallest absolute Gasteiger partial charge is 0.243 e. The molecule has 0 saturated carbocycles. The zero-order valence-corrected chi connectivity index (χ0v) is 21.0. The lowest BCUT2D eigenvalue weighted by Crippen LogP contribution is -2.48. The summed E-state index contributed by atoms with van der Waals surface area (Å²) in [5.74, 6) is 0.901.